The fourth-order valence-electron chi connectivity index (χ4n) is 4.21. The molecule has 2 bridgehead atoms. The molecule has 2 aliphatic rings. The highest BCUT2D eigenvalue weighted by atomic mass is 19.1. The molecule has 5 nitrogen and oxygen atoms in total. The maximum absolute atomic E-state index is 13.1. The van der Waals surface area contributed by atoms with E-state index in [1.165, 1.54) is 12.1 Å². The number of benzene rings is 1. The van der Waals surface area contributed by atoms with Gasteiger partial charge in [-0.25, -0.2) is 4.39 Å². The van der Waals surface area contributed by atoms with Gasteiger partial charge in [0.1, 0.15) is 11.5 Å². The number of amides is 1. The van der Waals surface area contributed by atoms with Crippen LogP contribution in [0.3, 0.4) is 0 Å². The minimum absolute atomic E-state index is 0.0328. The summed E-state index contributed by atoms with van der Waals surface area (Å²) in [7, 11) is 3.53. The van der Waals surface area contributed by atoms with Crippen molar-refractivity contribution in [1.82, 2.24) is 14.7 Å². The first-order valence-corrected chi connectivity index (χ1v) is 8.72. The number of halogens is 1. The summed E-state index contributed by atoms with van der Waals surface area (Å²) in [5, 5.41) is 4.45. The molecule has 0 saturated carbocycles. The van der Waals surface area contributed by atoms with Crippen LogP contribution in [0.5, 0.6) is 0 Å². The number of hydrogen-bond donors (Lipinski definition) is 0. The Morgan fingerprint density at radius 1 is 1.20 bits per heavy atom. The number of carbonyl (C=O) groups excluding carboxylic acids is 1. The fraction of sp³-hybridized carbons (Fsp3) is 0.474. The molecular weight excluding hydrogens is 321 g/mol. The van der Waals surface area contributed by atoms with E-state index in [9.17, 15) is 9.18 Å². The monoisotopic (exact) mass is 343 g/mol. The first kappa shape index (κ1) is 16.3. The molecule has 4 rings (SSSR count). The minimum Gasteiger partial charge on any atom is -0.381 e. The number of carbonyl (C=O) groups is 1. The average Bonchev–Trinajstić information content (AvgIpc) is 3.12. The van der Waals surface area contributed by atoms with E-state index in [1.54, 1.807) is 37.0 Å². The van der Waals surface area contributed by atoms with Gasteiger partial charge in [-0.3, -0.25) is 9.48 Å². The van der Waals surface area contributed by atoms with Gasteiger partial charge in [-0.05, 0) is 56.0 Å². The van der Waals surface area contributed by atoms with Gasteiger partial charge in [0.05, 0.1) is 11.8 Å². The quantitative estimate of drug-likeness (QED) is 0.861. The molecule has 2 saturated heterocycles. The first-order chi connectivity index (χ1) is 12.1. The molecule has 1 amide bonds. The Balaban J connectivity index is 1.60. The van der Waals surface area contributed by atoms with Crippen molar-refractivity contribution in [2.24, 2.45) is 7.05 Å². The summed E-state index contributed by atoms with van der Waals surface area (Å²) in [4.78, 5) is 15.2. The molecule has 1 aromatic carbocycles. The van der Waals surface area contributed by atoms with Crippen LogP contribution < -0.4 is 0 Å². The number of ether oxygens (including phenoxy) is 1. The standard InChI is InChI=1S/C19H22FN3O2/c1-22-18(11-17(21-22)12-3-5-13(20)6-4-12)19(24)23-14-7-8-15(23)10-16(9-14)25-2/h3-6,11,14-16H,7-10H2,1-2H3. The highest BCUT2D eigenvalue weighted by molar-refractivity contribution is 5.94. The molecule has 2 atom stereocenters. The van der Waals surface area contributed by atoms with Crippen molar-refractivity contribution < 1.29 is 13.9 Å². The second-order valence-corrected chi connectivity index (χ2v) is 6.97. The van der Waals surface area contributed by atoms with E-state index in [0.29, 0.717) is 11.4 Å². The first-order valence-electron chi connectivity index (χ1n) is 8.72. The van der Waals surface area contributed by atoms with Gasteiger partial charge >= 0.3 is 0 Å². The van der Waals surface area contributed by atoms with Crippen molar-refractivity contribution in [3.63, 3.8) is 0 Å². The highest BCUT2D eigenvalue weighted by Gasteiger charge is 2.44. The Bertz CT molecular complexity index is 772. The number of rotatable bonds is 3. The average molecular weight is 343 g/mol. The molecule has 0 N–H and O–H groups in total. The zero-order valence-corrected chi connectivity index (χ0v) is 14.5. The van der Waals surface area contributed by atoms with E-state index in [-0.39, 0.29) is 29.9 Å². The van der Waals surface area contributed by atoms with E-state index < -0.39 is 0 Å². The van der Waals surface area contributed by atoms with Crippen molar-refractivity contribution >= 4 is 5.91 Å². The third-order valence-corrected chi connectivity index (χ3v) is 5.50. The Hall–Kier alpha value is -2.21. The predicted molar refractivity (Wildman–Crippen MR) is 91.6 cm³/mol. The van der Waals surface area contributed by atoms with E-state index in [0.717, 1.165) is 31.2 Å². The third-order valence-electron chi connectivity index (χ3n) is 5.50. The van der Waals surface area contributed by atoms with Crippen molar-refractivity contribution in [2.75, 3.05) is 7.11 Å². The van der Waals surface area contributed by atoms with Gasteiger partial charge in [-0.1, -0.05) is 0 Å². The lowest BCUT2D eigenvalue weighted by molar-refractivity contribution is 0.00771. The van der Waals surface area contributed by atoms with Gasteiger partial charge in [0, 0.05) is 31.8 Å². The van der Waals surface area contributed by atoms with Crippen LogP contribution in [0.4, 0.5) is 4.39 Å². The predicted octanol–water partition coefficient (Wildman–Crippen LogP) is 3.01. The van der Waals surface area contributed by atoms with Crippen LogP contribution in [0.1, 0.15) is 36.2 Å². The maximum atomic E-state index is 13.1. The molecule has 0 aliphatic carbocycles. The number of methoxy groups -OCH3 is 1. The Morgan fingerprint density at radius 3 is 2.44 bits per heavy atom. The van der Waals surface area contributed by atoms with Crippen LogP contribution in [0.25, 0.3) is 11.3 Å². The fourth-order valence-corrected chi connectivity index (χ4v) is 4.21. The van der Waals surface area contributed by atoms with Crippen molar-refractivity contribution in [2.45, 2.75) is 43.9 Å². The molecule has 0 spiro atoms. The van der Waals surface area contributed by atoms with E-state index >= 15 is 0 Å². The molecular formula is C19H22FN3O2. The second kappa shape index (κ2) is 6.26. The Morgan fingerprint density at radius 2 is 1.84 bits per heavy atom. The zero-order chi connectivity index (χ0) is 17.6. The summed E-state index contributed by atoms with van der Waals surface area (Å²) in [6.07, 6.45) is 4.14. The van der Waals surface area contributed by atoms with Crippen molar-refractivity contribution in [3.05, 3.63) is 41.8 Å². The molecule has 3 heterocycles. The topological polar surface area (TPSA) is 47.4 Å². The molecule has 2 aliphatic heterocycles. The lowest BCUT2D eigenvalue weighted by atomic mass is 9.99. The molecule has 25 heavy (non-hydrogen) atoms. The lowest BCUT2D eigenvalue weighted by Gasteiger charge is -2.38. The van der Waals surface area contributed by atoms with Crippen molar-refractivity contribution in [3.8, 4) is 11.3 Å². The normalized spacial score (nSPS) is 25.4. The minimum atomic E-state index is -0.284. The third kappa shape index (κ3) is 2.84. The van der Waals surface area contributed by atoms with Crippen LogP contribution in [-0.2, 0) is 11.8 Å². The van der Waals surface area contributed by atoms with Crippen molar-refractivity contribution in [1.29, 1.82) is 0 Å². The van der Waals surface area contributed by atoms with Gasteiger partial charge in [0.2, 0.25) is 0 Å². The molecule has 6 heteroatoms. The highest BCUT2D eigenvalue weighted by Crippen LogP contribution is 2.38. The van der Waals surface area contributed by atoms with Gasteiger partial charge < -0.3 is 9.64 Å². The van der Waals surface area contributed by atoms with Crippen LogP contribution >= 0.6 is 0 Å². The van der Waals surface area contributed by atoms with Gasteiger partial charge in [0.15, 0.2) is 0 Å². The number of aryl methyl sites for hydroxylation is 1. The summed E-state index contributed by atoms with van der Waals surface area (Å²) < 4.78 is 20.3. The number of fused-ring (bicyclic) bond motifs is 2. The molecule has 132 valence electrons. The number of aromatic nitrogens is 2. The van der Waals surface area contributed by atoms with Gasteiger partial charge in [-0.15, -0.1) is 0 Å². The van der Waals surface area contributed by atoms with Crippen LogP contribution in [0.15, 0.2) is 30.3 Å². The second-order valence-electron chi connectivity index (χ2n) is 6.97. The number of hydrogen-bond acceptors (Lipinski definition) is 3. The van der Waals surface area contributed by atoms with E-state index in [4.69, 9.17) is 4.74 Å². The SMILES string of the molecule is COC1CC2CCC(C1)N2C(=O)c1cc(-c2ccc(F)cc2)nn1C. The van der Waals surface area contributed by atoms with Crippen LogP contribution in [-0.4, -0.2) is 45.9 Å². The lowest BCUT2D eigenvalue weighted by Crippen LogP contribution is -2.48. The summed E-state index contributed by atoms with van der Waals surface area (Å²) in [5.41, 5.74) is 2.06. The van der Waals surface area contributed by atoms with E-state index in [2.05, 4.69) is 5.10 Å². The smallest absolute Gasteiger partial charge is 0.272 e. The summed E-state index contributed by atoms with van der Waals surface area (Å²) in [5.74, 6) is -0.251. The molecule has 1 aromatic heterocycles. The summed E-state index contributed by atoms with van der Waals surface area (Å²) >= 11 is 0. The van der Waals surface area contributed by atoms with E-state index in [1.807, 2.05) is 4.90 Å². The molecule has 2 aromatic rings. The van der Waals surface area contributed by atoms with Crippen LogP contribution in [0.2, 0.25) is 0 Å². The number of nitrogens with zero attached hydrogens (tertiary/aromatic N) is 3. The Labute approximate surface area is 146 Å². The molecule has 2 unspecified atom stereocenters. The van der Waals surface area contributed by atoms with Crippen LogP contribution in [0, 0.1) is 5.82 Å². The summed E-state index contributed by atoms with van der Waals surface area (Å²) in [6, 6.07) is 8.47. The zero-order valence-electron chi connectivity index (χ0n) is 14.5. The number of piperidine rings is 1. The molecule has 0 radical (unpaired) electrons. The summed E-state index contributed by atoms with van der Waals surface area (Å²) in [6.45, 7) is 0. The largest absolute Gasteiger partial charge is 0.381 e. The Kier molecular flexibility index (Phi) is 4.07. The molecule has 2 fully saturated rings. The van der Waals surface area contributed by atoms with Gasteiger partial charge in [0.25, 0.3) is 5.91 Å². The maximum Gasteiger partial charge on any atom is 0.272 e. The van der Waals surface area contributed by atoms with Gasteiger partial charge in [-0.2, -0.15) is 5.10 Å².